The van der Waals surface area contributed by atoms with E-state index in [1.54, 1.807) is 0 Å². The first-order valence-corrected chi connectivity index (χ1v) is 5.10. The van der Waals surface area contributed by atoms with Crippen molar-refractivity contribution in [1.82, 2.24) is 4.90 Å². The van der Waals surface area contributed by atoms with Crippen LogP contribution in [0.25, 0.3) is 0 Å². The summed E-state index contributed by atoms with van der Waals surface area (Å²) < 4.78 is 5.29. The van der Waals surface area contributed by atoms with Crippen molar-refractivity contribution in [1.29, 1.82) is 0 Å². The monoisotopic (exact) mass is 221 g/mol. The number of carbonyl (C=O) groups excluding carboxylic acids is 1. The molecular weight excluding hydrogens is 202 g/mol. The van der Waals surface area contributed by atoms with Gasteiger partial charge in [0.15, 0.2) is 0 Å². The van der Waals surface area contributed by atoms with Crippen molar-refractivity contribution in [2.45, 2.75) is 20.3 Å². The van der Waals surface area contributed by atoms with Gasteiger partial charge in [-0.05, 0) is 13.1 Å². The summed E-state index contributed by atoms with van der Waals surface area (Å²) in [4.78, 5) is 13.7. The summed E-state index contributed by atoms with van der Waals surface area (Å²) in [5, 5.41) is 0. The molecule has 0 aromatic carbocycles. The van der Waals surface area contributed by atoms with Gasteiger partial charge in [0.05, 0.1) is 19.1 Å². The molecule has 1 fully saturated rings. The Morgan fingerprint density at radius 3 is 2.57 bits per heavy atom. The van der Waals surface area contributed by atoms with E-state index >= 15 is 0 Å². The number of ketones is 1. The maximum atomic E-state index is 11.5. The Bertz CT molecular complexity index is 172. The van der Waals surface area contributed by atoms with Crippen LogP contribution in [0.4, 0.5) is 0 Å². The van der Waals surface area contributed by atoms with Crippen LogP contribution in [0.5, 0.6) is 0 Å². The van der Waals surface area contributed by atoms with Gasteiger partial charge >= 0.3 is 0 Å². The summed E-state index contributed by atoms with van der Waals surface area (Å²) in [6.07, 6.45) is 0.603. The molecule has 4 heteroatoms. The van der Waals surface area contributed by atoms with Crippen LogP contribution >= 0.6 is 12.4 Å². The SMILES string of the molecule is CCN(CC)CC1COCCC1=O.Cl. The van der Waals surface area contributed by atoms with Gasteiger partial charge in [-0.15, -0.1) is 12.4 Å². The smallest absolute Gasteiger partial charge is 0.141 e. The van der Waals surface area contributed by atoms with Crippen molar-refractivity contribution in [3.05, 3.63) is 0 Å². The fourth-order valence-electron chi connectivity index (χ4n) is 1.64. The normalized spacial score (nSPS) is 22.2. The molecule has 0 aromatic rings. The van der Waals surface area contributed by atoms with Crippen molar-refractivity contribution >= 4 is 18.2 Å². The predicted molar refractivity (Wildman–Crippen MR) is 59.0 cm³/mol. The fraction of sp³-hybridized carbons (Fsp3) is 0.900. The van der Waals surface area contributed by atoms with Gasteiger partial charge in [0.1, 0.15) is 5.78 Å². The molecule has 1 unspecified atom stereocenters. The van der Waals surface area contributed by atoms with Crippen molar-refractivity contribution in [3.63, 3.8) is 0 Å². The van der Waals surface area contributed by atoms with Crippen molar-refractivity contribution in [3.8, 4) is 0 Å². The van der Waals surface area contributed by atoms with Crippen LogP contribution in [0.15, 0.2) is 0 Å². The summed E-state index contributed by atoms with van der Waals surface area (Å²) in [6, 6.07) is 0. The van der Waals surface area contributed by atoms with Crippen LogP contribution < -0.4 is 0 Å². The molecule has 1 atom stereocenters. The van der Waals surface area contributed by atoms with Gasteiger partial charge in [-0.1, -0.05) is 13.8 Å². The first kappa shape index (κ1) is 13.9. The highest BCUT2D eigenvalue weighted by atomic mass is 35.5. The van der Waals surface area contributed by atoms with E-state index < -0.39 is 0 Å². The molecule has 0 amide bonds. The number of carbonyl (C=O) groups is 1. The second kappa shape index (κ2) is 7.21. The van der Waals surface area contributed by atoms with Crippen LogP contribution in [0.3, 0.4) is 0 Å². The lowest BCUT2D eigenvalue weighted by atomic mass is 10.00. The van der Waals surface area contributed by atoms with Crippen LogP contribution in [-0.2, 0) is 9.53 Å². The molecule has 0 aromatic heterocycles. The van der Waals surface area contributed by atoms with Crippen LogP contribution in [0.2, 0.25) is 0 Å². The zero-order chi connectivity index (χ0) is 9.68. The third kappa shape index (κ3) is 3.95. The number of Topliss-reactive ketones (excluding diaryl/α,β-unsaturated/α-hetero) is 1. The number of rotatable bonds is 4. The van der Waals surface area contributed by atoms with E-state index in [0.717, 1.165) is 19.6 Å². The molecule has 1 rings (SSSR count). The quantitative estimate of drug-likeness (QED) is 0.718. The summed E-state index contributed by atoms with van der Waals surface area (Å²) in [5.74, 6) is 0.492. The molecule has 84 valence electrons. The van der Waals surface area contributed by atoms with Gasteiger partial charge in [0.2, 0.25) is 0 Å². The molecule has 0 spiro atoms. The average Bonchev–Trinajstić information content (AvgIpc) is 2.17. The number of halogens is 1. The van der Waals surface area contributed by atoms with Gasteiger partial charge < -0.3 is 9.64 Å². The molecule has 14 heavy (non-hydrogen) atoms. The molecule has 0 bridgehead atoms. The maximum Gasteiger partial charge on any atom is 0.141 e. The van der Waals surface area contributed by atoms with E-state index in [4.69, 9.17) is 4.74 Å². The van der Waals surface area contributed by atoms with Crippen molar-refractivity contribution in [2.24, 2.45) is 5.92 Å². The summed E-state index contributed by atoms with van der Waals surface area (Å²) in [5.41, 5.74) is 0. The van der Waals surface area contributed by atoms with Crippen molar-refractivity contribution < 1.29 is 9.53 Å². The van der Waals surface area contributed by atoms with Crippen molar-refractivity contribution in [2.75, 3.05) is 32.8 Å². The van der Waals surface area contributed by atoms with Crippen LogP contribution in [-0.4, -0.2) is 43.5 Å². The Morgan fingerprint density at radius 2 is 2.07 bits per heavy atom. The van der Waals surface area contributed by atoms with Crippen LogP contribution in [0.1, 0.15) is 20.3 Å². The molecule has 0 saturated carbocycles. The van der Waals surface area contributed by atoms with E-state index in [-0.39, 0.29) is 18.3 Å². The second-order valence-electron chi connectivity index (χ2n) is 3.47. The van der Waals surface area contributed by atoms with E-state index in [0.29, 0.717) is 25.4 Å². The second-order valence-corrected chi connectivity index (χ2v) is 3.47. The van der Waals surface area contributed by atoms with Gasteiger partial charge in [-0.2, -0.15) is 0 Å². The Labute approximate surface area is 92.2 Å². The summed E-state index contributed by atoms with van der Waals surface area (Å²) in [6.45, 7) is 8.38. The molecule has 0 N–H and O–H groups in total. The standard InChI is InChI=1S/C10H19NO2.ClH/c1-3-11(4-2)7-9-8-13-6-5-10(9)12;/h9H,3-8H2,1-2H3;1H. The third-order valence-electron chi connectivity index (χ3n) is 2.64. The van der Waals surface area contributed by atoms with Crippen LogP contribution in [0, 0.1) is 5.92 Å². The largest absolute Gasteiger partial charge is 0.380 e. The van der Waals surface area contributed by atoms with Gasteiger partial charge in [0.25, 0.3) is 0 Å². The summed E-state index contributed by atoms with van der Waals surface area (Å²) >= 11 is 0. The van der Waals surface area contributed by atoms with Gasteiger partial charge in [-0.25, -0.2) is 0 Å². The number of nitrogens with zero attached hydrogens (tertiary/aromatic N) is 1. The minimum atomic E-state index is 0. The molecule has 1 heterocycles. The van der Waals surface area contributed by atoms with Gasteiger partial charge in [0, 0.05) is 13.0 Å². The predicted octanol–water partition coefficient (Wildman–Crippen LogP) is 1.36. The highest BCUT2D eigenvalue weighted by Crippen LogP contribution is 2.11. The third-order valence-corrected chi connectivity index (χ3v) is 2.64. The zero-order valence-corrected chi connectivity index (χ0v) is 9.81. The van der Waals surface area contributed by atoms with Gasteiger partial charge in [-0.3, -0.25) is 4.79 Å². The molecular formula is C10H20ClNO2. The Hall–Kier alpha value is -0.120. The minimum Gasteiger partial charge on any atom is -0.380 e. The fourth-order valence-corrected chi connectivity index (χ4v) is 1.64. The average molecular weight is 222 g/mol. The lowest BCUT2D eigenvalue weighted by molar-refractivity contribution is -0.131. The number of hydrogen-bond donors (Lipinski definition) is 0. The first-order valence-electron chi connectivity index (χ1n) is 5.10. The topological polar surface area (TPSA) is 29.5 Å². The first-order chi connectivity index (χ1) is 6.27. The molecule has 0 aliphatic carbocycles. The van der Waals surface area contributed by atoms with E-state index in [9.17, 15) is 4.79 Å². The molecule has 3 nitrogen and oxygen atoms in total. The minimum absolute atomic E-state index is 0. The lowest BCUT2D eigenvalue weighted by Crippen LogP contribution is -2.38. The Balaban J connectivity index is 0.00000169. The van der Waals surface area contributed by atoms with E-state index in [2.05, 4.69) is 18.7 Å². The molecule has 1 saturated heterocycles. The highest BCUT2D eigenvalue weighted by Gasteiger charge is 2.23. The molecule has 0 radical (unpaired) electrons. The van der Waals surface area contributed by atoms with E-state index in [1.165, 1.54) is 0 Å². The molecule has 1 aliphatic heterocycles. The number of hydrogen-bond acceptors (Lipinski definition) is 3. The van der Waals surface area contributed by atoms with E-state index in [1.807, 2.05) is 0 Å². The molecule has 1 aliphatic rings. The Kier molecular flexibility index (Phi) is 7.15. The maximum absolute atomic E-state index is 11.5. The number of ether oxygens (including phenoxy) is 1. The Morgan fingerprint density at radius 1 is 1.43 bits per heavy atom. The zero-order valence-electron chi connectivity index (χ0n) is 8.99. The summed E-state index contributed by atoms with van der Waals surface area (Å²) in [7, 11) is 0. The highest BCUT2D eigenvalue weighted by molar-refractivity contribution is 5.85. The lowest BCUT2D eigenvalue weighted by Gasteiger charge is -2.26.